The van der Waals surface area contributed by atoms with Gasteiger partial charge in [0.1, 0.15) is 6.54 Å². The van der Waals surface area contributed by atoms with Gasteiger partial charge in [-0.15, -0.1) is 0 Å². The van der Waals surface area contributed by atoms with E-state index in [1.807, 2.05) is 12.1 Å². The molecule has 2 rings (SSSR count). The van der Waals surface area contributed by atoms with Crippen molar-refractivity contribution in [1.29, 1.82) is 0 Å². The van der Waals surface area contributed by atoms with E-state index in [1.54, 1.807) is 0 Å². The zero-order valence-electron chi connectivity index (χ0n) is 13.6. The minimum atomic E-state index is -0.758. The highest BCUT2D eigenvalue weighted by Crippen LogP contribution is 2.41. The van der Waals surface area contributed by atoms with E-state index < -0.39 is 5.97 Å². The van der Waals surface area contributed by atoms with Crippen LogP contribution in [0.2, 0.25) is 0 Å². The van der Waals surface area contributed by atoms with Gasteiger partial charge in [-0.2, -0.15) is 0 Å². The monoisotopic (exact) mass is 289 g/mol. The van der Waals surface area contributed by atoms with E-state index in [4.69, 9.17) is 0 Å². The van der Waals surface area contributed by atoms with Gasteiger partial charge in [0.2, 0.25) is 0 Å². The third-order valence-corrected chi connectivity index (χ3v) is 4.48. The Morgan fingerprint density at radius 1 is 1.29 bits per heavy atom. The summed E-state index contributed by atoms with van der Waals surface area (Å²) in [4.78, 5) is 13.4. The summed E-state index contributed by atoms with van der Waals surface area (Å²) in [5.74, 6) is -0.118. The second kappa shape index (κ2) is 6.08. The summed E-state index contributed by atoms with van der Waals surface area (Å²) < 4.78 is 0. The minimum absolute atomic E-state index is 0.0799. The Balaban J connectivity index is 2.27. The maximum absolute atomic E-state index is 11.3. The van der Waals surface area contributed by atoms with Crippen molar-refractivity contribution in [2.45, 2.75) is 53.0 Å². The SMILES string of the molecule is Cc1ccc(N(CC(=O)O)C2CC(C)CC(C)(C)C2)cc1. The molecule has 3 nitrogen and oxygen atoms in total. The highest BCUT2D eigenvalue weighted by Gasteiger charge is 2.35. The Labute approximate surface area is 128 Å². The molecule has 1 aromatic carbocycles. The van der Waals surface area contributed by atoms with Crippen LogP contribution in [0.4, 0.5) is 5.69 Å². The highest BCUT2D eigenvalue weighted by atomic mass is 16.4. The zero-order valence-corrected chi connectivity index (χ0v) is 13.6. The quantitative estimate of drug-likeness (QED) is 0.907. The van der Waals surface area contributed by atoms with Crippen molar-refractivity contribution in [2.24, 2.45) is 11.3 Å². The van der Waals surface area contributed by atoms with Crippen molar-refractivity contribution >= 4 is 11.7 Å². The average Bonchev–Trinajstić information content (AvgIpc) is 2.34. The number of carboxylic acids is 1. The molecule has 0 bridgehead atoms. The first-order chi connectivity index (χ1) is 9.77. The van der Waals surface area contributed by atoms with Crippen LogP contribution >= 0.6 is 0 Å². The van der Waals surface area contributed by atoms with Crippen LogP contribution in [0, 0.1) is 18.3 Å². The zero-order chi connectivity index (χ0) is 15.6. The maximum atomic E-state index is 11.3. The lowest BCUT2D eigenvalue weighted by Gasteiger charge is -2.44. The number of carboxylic acid groups (broad SMARTS) is 1. The van der Waals surface area contributed by atoms with Crippen LogP contribution in [0.1, 0.15) is 45.6 Å². The Morgan fingerprint density at radius 3 is 2.43 bits per heavy atom. The van der Waals surface area contributed by atoms with E-state index in [-0.39, 0.29) is 12.0 Å². The Hall–Kier alpha value is -1.51. The summed E-state index contributed by atoms with van der Waals surface area (Å²) in [5, 5.41) is 9.28. The second-order valence-electron chi connectivity index (χ2n) is 7.42. The summed E-state index contributed by atoms with van der Waals surface area (Å²) >= 11 is 0. The van der Waals surface area contributed by atoms with Crippen LogP contribution in [0.3, 0.4) is 0 Å². The van der Waals surface area contributed by atoms with Crippen molar-refractivity contribution in [2.75, 3.05) is 11.4 Å². The van der Waals surface area contributed by atoms with E-state index in [2.05, 4.69) is 44.7 Å². The van der Waals surface area contributed by atoms with E-state index in [0.717, 1.165) is 18.5 Å². The maximum Gasteiger partial charge on any atom is 0.323 e. The molecular formula is C18H27NO2. The predicted octanol–water partition coefficient (Wildman–Crippen LogP) is 4.10. The molecule has 0 amide bonds. The van der Waals surface area contributed by atoms with Crippen LogP contribution in [-0.2, 0) is 4.79 Å². The molecule has 1 fully saturated rings. The van der Waals surface area contributed by atoms with Crippen LogP contribution in [0.5, 0.6) is 0 Å². The molecule has 1 N–H and O–H groups in total. The van der Waals surface area contributed by atoms with Gasteiger partial charge in [-0.1, -0.05) is 38.5 Å². The molecule has 2 atom stereocenters. The number of benzene rings is 1. The molecule has 0 aliphatic heterocycles. The molecule has 1 aliphatic rings. The van der Waals surface area contributed by atoms with Gasteiger partial charge >= 0.3 is 5.97 Å². The number of aryl methyl sites for hydroxylation is 1. The number of hydrogen-bond acceptors (Lipinski definition) is 2. The molecule has 0 saturated heterocycles. The van der Waals surface area contributed by atoms with Gasteiger partial charge in [-0.3, -0.25) is 4.79 Å². The van der Waals surface area contributed by atoms with E-state index in [0.29, 0.717) is 12.0 Å². The molecule has 3 heteroatoms. The summed E-state index contributed by atoms with van der Waals surface area (Å²) in [6.07, 6.45) is 3.35. The number of anilines is 1. The van der Waals surface area contributed by atoms with Gasteiger partial charge in [-0.05, 0) is 49.7 Å². The number of hydrogen-bond donors (Lipinski definition) is 1. The smallest absolute Gasteiger partial charge is 0.323 e. The van der Waals surface area contributed by atoms with Crippen LogP contribution < -0.4 is 4.90 Å². The topological polar surface area (TPSA) is 40.5 Å². The minimum Gasteiger partial charge on any atom is -0.480 e. The molecule has 21 heavy (non-hydrogen) atoms. The van der Waals surface area contributed by atoms with Crippen LogP contribution in [0.15, 0.2) is 24.3 Å². The van der Waals surface area contributed by atoms with Gasteiger partial charge in [0.05, 0.1) is 0 Å². The Bertz CT molecular complexity index is 492. The first kappa shape index (κ1) is 15.9. The molecular weight excluding hydrogens is 262 g/mol. The summed E-state index contributed by atoms with van der Waals surface area (Å²) in [6, 6.07) is 8.51. The van der Waals surface area contributed by atoms with Crippen LogP contribution in [-0.4, -0.2) is 23.7 Å². The van der Waals surface area contributed by atoms with E-state index in [9.17, 15) is 9.90 Å². The molecule has 116 valence electrons. The van der Waals surface area contributed by atoms with Crippen molar-refractivity contribution in [1.82, 2.24) is 0 Å². The van der Waals surface area contributed by atoms with Gasteiger partial charge in [0.25, 0.3) is 0 Å². The largest absolute Gasteiger partial charge is 0.480 e. The molecule has 1 aromatic rings. The van der Waals surface area contributed by atoms with E-state index in [1.165, 1.54) is 12.0 Å². The molecule has 0 heterocycles. The number of nitrogens with zero attached hydrogens (tertiary/aromatic N) is 1. The van der Waals surface area contributed by atoms with Gasteiger partial charge < -0.3 is 10.0 Å². The molecule has 1 saturated carbocycles. The third-order valence-electron chi connectivity index (χ3n) is 4.48. The van der Waals surface area contributed by atoms with Gasteiger partial charge in [0, 0.05) is 11.7 Å². The lowest BCUT2D eigenvalue weighted by molar-refractivity contribution is -0.135. The predicted molar refractivity (Wildman–Crippen MR) is 86.7 cm³/mol. The number of aliphatic carboxylic acids is 1. The summed E-state index contributed by atoms with van der Waals surface area (Å²) in [5.41, 5.74) is 2.51. The number of rotatable bonds is 4. The fourth-order valence-electron chi connectivity index (χ4n) is 3.85. The molecule has 2 unspecified atom stereocenters. The normalized spacial score (nSPS) is 24.6. The molecule has 0 aromatic heterocycles. The number of carbonyl (C=O) groups is 1. The third kappa shape index (κ3) is 4.23. The summed E-state index contributed by atoms with van der Waals surface area (Å²) in [7, 11) is 0. The van der Waals surface area contributed by atoms with Crippen molar-refractivity contribution in [3.63, 3.8) is 0 Å². The Morgan fingerprint density at radius 2 is 1.90 bits per heavy atom. The van der Waals surface area contributed by atoms with Crippen molar-refractivity contribution < 1.29 is 9.90 Å². The average molecular weight is 289 g/mol. The summed E-state index contributed by atoms with van der Waals surface area (Å²) in [6.45, 7) is 9.00. The molecule has 1 aliphatic carbocycles. The Kier molecular flexibility index (Phi) is 4.60. The molecule has 0 radical (unpaired) electrons. The fraction of sp³-hybridized carbons (Fsp3) is 0.611. The van der Waals surface area contributed by atoms with Crippen LogP contribution in [0.25, 0.3) is 0 Å². The standard InChI is InChI=1S/C18H27NO2/c1-13-5-7-15(8-6-13)19(12-17(20)21)16-9-14(2)10-18(3,4)11-16/h5-8,14,16H,9-12H2,1-4H3,(H,20,21). The highest BCUT2D eigenvalue weighted by molar-refractivity contribution is 5.74. The fourth-order valence-corrected chi connectivity index (χ4v) is 3.85. The van der Waals surface area contributed by atoms with E-state index >= 15 is 0 Å². The van der Waals surface area contributed by atoms with Crippen molar-refractivity contribution in [3.05, 3.63) is 29.8 Å². The lowest BCUT2D eigenvalue weighted by Crippen LogP contribution is -2.45. The van der Waals surface area contributed by atoms with Gasteiger partial charge in [-0.25, -0.2) is 0 Å². The molecule has 0 spiro atoms. The first-order valence-electron chi connectivity index (χ1n) is 7.82. The lowest BCUT2D eigenvalue weighted by atomic mass is 9.70. The van der Waals surface area contributed by atoms with Gasteiger partial charge in [0.15, 0.2) is 0 Å². The first-order valence-corrected chi connectivity index (χ1v) is 7.82. The second-order valence-corrected chi connectivity index (χ2v) is 7.42. The van der Waals surface area contributed by atoms with Crippen molar-refractivity contribution in [3.8, 4) is 0 Å².